The number of rotatable bonds is 17. The van der Waals surface area contributed by atoms with E-state index in [-0.39, 0.29) is 30.3 Å². The van der Waals surface area contributed by atoms with Crippen LogP contribution < -0.4 is 11.1 Å². The Labute approximate surface area is 233 Å². The van der Waals surface area contributed by atoms with Crippen molar-refractivity contribution in [3.63, 3.8) is 0 Å². The average Bonchev–Trinajstić information content (AvgIpc) is 3.29. The largest absolute Gasteiger partial charge is 0.457 e. The molecule has 2 aromatic rings. The van der Waals surface area contributed by atoms with Crippen molar-refractivity contribution in [1.29, 1.82) is 0 Å². The fourth-order valence-corrected chi connectivity index (χ4v) is 4.92. The summed E-state index contributed by atoms with van der Waals surface area (Å²) in [5, 5.41) is 19.3. The van der Waals surface area contributed by atoms with Crippen molar-refractivity contribution in [2.45, 2.75) is 98.4 Å². The molecule has 0 saturated carbocycles. The van der Waals surface area contributed by atoms with Gasteiger partial charge in [0.2, 0.25) is 5.91 Å². The second-order valence-electron chi connectivity index (χ2n) is 11.6. The number of aliphatic hydroxyl groups is 1. The lowest BCUT2D eigenvalue weighted by Crippen LogP contribution is -2.47. The summed E-state index contributed by atoms with van der Waals surface area (Å²) in [5.74, 6) is -0.513. The number of aryl methyl sites for hydroxylation is 1. The van der Waals surface area contributed by atoms with Gasteiger partial charge in [0.15, 0.2) is 0 Å². The zero-order valence-electron chi connectivity index (χ0n) is 24.9. The highest BCUT2D eigenvalue weighted by Crippen LogP contribution is 2.36. The molecule has 4 atom stereocenters. The summed E-state index contributed by atoms with van der Waals surface area (Å²) < 4.78 is 13.0. The fourth-order valence-electron chi connectivity index (χ4n) is 4.92. The van der Waals surface area contributed by atoms with Crippen LogP contribution in [0.25, 0.3) is 10.9 Å². The van der Waals surface area contributed by atoms with Gasteiger partial charge in [0.05, 0.1) is 17.8 Å². The van der Waals surface area contributed by atoms with Crippen molar-refractivity contribution in [3.05, 3.63) is 30.0 Å². The second kappa shape index (κ2) is 15.3. The number of nitrogens with zero attached hydrogens (tertiary/aromatic N) is 2. The van der Waals surface area contributed by atoms with Gasteiger partial charge in [0.1, 0.15) is 6.10 Å². The van der Waals surface area contributed by atoms with Crippen LogP contribution in [0.5, 0.6) is 0 Å². The van der Waals surface area contributed by atoms with Gasteiger partial charge in [-0.1, -0.05) is 59.6 Å². The first kappa shape index (κ1) is 32.7. The molecule has 0 aliphatic carbocycles. The van der Waals surface area contributed by atoms with Gasteiger partial charge in [-0.3, -0.25) is 14.3 Å². The standard InChI is InChI=1S/C30H50N4O5/c1-8-9-13-30(5,6)29(37)32-19-27(36)25(31)17-24(20(2)3)28(39-21(4)35)22-11-12-23-18-33-34(26(23)16-22)14-10-15-38-7/h11-12,16,18,20,24-25,27-28,36H,8-10,13-15,17,19,31H2,1-7H3,(H,32,37)/t24-,25-,27-,28-/m0/s1. The number of fused-ring (bicyclic) bond motifs is 1. The summed E-state index contributed by atoms with van der Waals surface area (Å²) in [4.78, 5) is 24.9. The minimum Gasteiger partial charge on any atom is -0.457 e. The molecule has 0 aliphatic rings. The highest BCUT2D eigenvalue weighted by molar-refractivity contribution is 5.81. The number of benzene rings is 1. The molecule has 0 aliphatic heterocycles. The maximum Gasteiger partial charge on any atom is 0.303 e. The van der Waals surface area contributed by atoms with E-state index in [1.165, 1.54) is 6.92 Å². The number of unbranched alkanes of at least 4 members (excludes halogenated alkanes) is 1. The maximum atomic E-state index is 12.7. The van der Waals surface area contributed by atoms with E-state index in [4.69, 9.17) is 15.2 Å². The third-order valence-corrected chi connectivity index (χ3v) is 7.53. The molecule has 1 aromatic carbocycles. The zero-order valence-corrected chi connectivity index (χ0v) is 24.9. The zero-order chi connectivity index (χ0) is 29.2. The molecule has 0 bridgehead atoms. The number of aliphatic hydroxyl groups excluding tert-OH is 1. The quantitative estimate of drug-likeness (QED) is 0.199. The van der Waals surface area contributed by atoms with Crippen LogP contribution in [0.4, 0.5) is 0 Å². The number of carbonyl (C=O) groups excluding carboxylic acids is 2. The van der Waals surface area contributed by atoms with Gasteiger partial charge in [0, 0.05) is 56.5 Å². The Morgan fingerprint density at radius 3 is 2.56 bits per heavy atom. The number of aromatic nitrogens is 2. The number of hydrogen-bond donors (Lipinski definition) is 3. The first-order valence-corrected chi connectivity index (χ1v) is 14.2. The summed E-state index contributed by atoms with van der Waals surface area (Å²) in [6.07, 6.45) is 4.37. The Morgan fingerprint density at radius 2 is 1.95 bits per heavy atom. The first-order chi connectivity index (χ1) is 18.4. The van der Waals surface area contributed by atoms with E-state index >= 15 is 0 Å². The van der Waals surface area contributed by atoms with Crippen molar-refractivity contribution in [2.75, 3.05) is 20.3 Å². The van der Waals surface area contributed by atoms with Gasteiger partial charge in [0.25, 0.3) is 0 Å². The lowest BCUT2D eigenvalue weighted by atomic mass is 9.80. The number of carbonyl (C=O) groups is 2. The van der Waals surface area contributed by atoms with Crippen LogP contribution in [0.3, 0.4) is 0 Å². The average molecular weight is 547 g/mol. The van der Waals surface area contributed by atoms with Crippen molar-refractivity contribution in [3.8, 4) is 0 Å². The highest BCUT2D eigenvalue weighted by Gasteiger charge is 2.33. The van der Waals surface area contributed by atoms with E-state index < -0.39 is 23.7 Å². The number of methoxy groups -OCH3 is 1. The molecule has 39 heavy (non-hydrogen) atoms. The summed E-state index contributed by atoms with van der Waals surface area (Å²) in [7, 11) is 1.68. The number of nitrogens with one attached hydrogen (secondary N) is 1. The van der Waals surface area contributed by atoms with Crippen molar-refractivity contribution in [2.24, 2.45) is 23.0 Å². The van der Waals surface area contributed by atoms with Gasteiger partial charge in [-0.2, -0.15) is 5.10 Å². The highest BCUT2D eigenvalue weighted by atomic mass is 16.5. The number of hydrogen-bond acceptors (Lipinski definition) is 7. The maximum absolute atomic E-state index is 12.7. The van der Waals surface area contributed by atoms with Crippen LogP contribution in [0.1, 0.15) is 85.3 Å². The smallest absolute Gasteiger partial charge is 0.303 e. The SMILES string of the molecule is CCCCC(C)(C)C(=O)NC[C@H](O)[C@@H](N)C[C@@H](C(C)C)[C@@H](OC(C)=O)c1ccc2cnn(CCCOC)c2c1. The van der Waals surface area contributed by atoms with Gasteiger partial charge in [-0.15, -0.1) is 0 Å². The number of ether oxygens (including phenoxy) is 2. The molecule has 220 valence electrons. The predicted octanol–water partition coefficient (Wildman–Crippen LogP) is 4.36. The Morgan fingerprint density at radius 1 is 1.23 bits per heavy atom. The van der Waals surface area contributed by atoms with Crippen molar-refractivity contribution in [1.82, 2.24) is 15.1 Å². The second-order valence-corrected chi connectivity index (χ2v) is 11.6. The van der Waals surface area contributed by atoms with Gasteiger partial charge < -0.3 is 25.6 Å². The predicted molar refractivity (Wildman–Crippen MR) is 154 cm³/mol. The summed E-state index contributed by atoms with van der Waals surface area (Å²) >= 11 is 0. The summed E-state index contributed by atoms with van der Waals surface area (Å²) in [6.45, 7) is 12.9. The van der Waals surface area contributed by atoms with Crippen molar-refractivity contribution < 1.29 is 24.2 Å². The minimum atomic E-state index is -0.931. The lowest BCUT2D eigenvalue weighted by molar-refractivity contribution is -0.151. The molecule has 2 rings (SSSR count). The van der Waals surface area contributed by atoms with Crippen LogP contribution in [-0.4, -0.2) is 59.2 Å². The van der Waals surface area contributed by atoms with E-state index in [9.17, 15) is 14.7 Å². The Hall–Kier alpha value is -2.49. The molecule has 9 nitrogen and oxygen atoms in total. The van der Waals surface area contributed by atoms with Gasteiger partial charge >= 0.3 is 5.97 Å². The topological polar surface area (TPSA) is 129 Å². The van der Waals surface area contributed by atoms with Crippen LogP contribution >= 0.6 is 0 Å². The Kier molecular flexibility index (Phi) is 12.9. The lowest BCUT2D eigenvalue weighted by Gasteiger charge is -2.33. The van der Waals surface area contributed by atoms with Crippen LogP contribution in [0.15, 0.2) is 24.4 Å². The van der Waals surface area contributed by atoms with E-state index in [0.29, 0.717) is 19.6 Å². The summed E-state index contributed by atoms with van der Waals surface area (Å²) in [5.41, 5.74) is 7.79. The van der Waals surface area contributed by atoms with Crippen LogP contribution in [0.2, 0.25) is 0 Å². The molecule has 0 spiro atoms. The molecule has 1 amide bonds. The van der Waals surface area contributed by atoms with E-state index in [1.54, 1.807) is 7.11 Å². The van der Waals surface area contributed by atoms with Crippen molar-refractivity contribution >= 4 is 22.8 Å². The molecule has 1 heterocycles. The third kappa shape index (κ3) is 9.58. The first-order valence-electron chi connectivity index (χ1n) is 14.2. The number of amides is 1. The molecule has 9 heteroatoms. The number of nitrogens with two attached hydrogens (primary N) is 1. The van der Waals surface area contributed by atoms with E-state index in [1.807, 2.05) is 42.9 Å². The normalized spacial score (nSPS) is 15.2. The molecule has 1 aromatic heterocycles. The monoisotopic (exact) mass is 546 g/mol. The Balaban J connectivity index is 2.21. The molecule has 0 unspecified atom stereocenters. The molecule has 0 radical (unpaired) electrons. The minimum absolute atomic E-state index is 0.0746. The van der Waals surface area contributed by atoms with Crippen LogP contribution in [0, 0.1) is 17.3 Å². The summed E-state index contributed by atoms with van der Waals surface area (Å²) in [6, 6.07) is 5.37. The molecule has 0 fully saturated rings. The van der Waals surface area contributed by atoms with Gasteiger partial charge in [-0.05, 0) is 36.8 Å². The third-order valence-electron chi connectivity index (χ3n) is 7.53. The molecular formula is C30H50N4O5. The molecule has 0 saturated heterocycles. The number of esters is 1. The van der Waals surface area contributed by atoms with Crippen LogP contribution in [-0.2, 0) is 25.6 Å². The van der Waals surface area contributed by atoms with E-state index in [2.05, 4.69) is 31.2 Å². The fraction of sp³-hybridized carbons (Fsp3) is 0.700. The molecular weight excluding hydrogens is 496 g/mol. The van der Waals surface area contributed by atoms with E-state index in [0.717, 1.165) is 42.1 Å². The molecule has 4 N–H and O–H groups in total. The Bertz CT molecular complexity index is 1050. The van der Waals surface area contributed by atoms with Gasteiger partial charge in [-0.25, -0.2) is 0 Å².